The predicted molar refractivity (Wildman–Crippen MR) is 52.1 cm³/mol. The number of hydrogen-bond acceptors (Lipinski definition) is 3. The molecule has 2 N–H and O–H groups in total. The van der Waals surface area contributed by atoms with Gasteiger partial charge in [-0.05, 0) is 19.1 Å². The number of rotatable bonds is 1. The van der Waals surface area contributed by atoms with E-state index in [2.05, 4.69) is 5.32 Å². The number of carboxylic acid groups (broad SMARTS) is 1. The Labute approximate surface area is 85.7 Å². The second-order valence-corrected chi connectivity index (χ2v) is 3.24. The van der Waals surface area contributed by atoms with Crippen molar-refractivity contribution in [2.24, 2.45) is 0 Å². The van der Waals surface area contributed by atoms with Crippen molar-refractivity contribution in [3.63, 3.8) is 0 Å². The van der Waals surface area contributed by atoms with Gasteiger partial charge >= 0.3 is 5.97 Å². The van der Waals surface area contributed by atoms with E-state index in [-0.39, 0.29) is 17.2 Å². The van der Waals surface area contributed by atoms with E-state index in [4.69, 9.17) is 9.84 Å². The normalized spacial score (nSPS) is 18.7. The van der Waals surface area contributed by atoms with Crippen LogP contribution in [0.5, 0.6) is 5.75 Å². The van der Waals surface area contributed by atoms with E-state index in [9.17, 15) is 9.59 Å². The Morgan fingerprint density at radius 1 is 1.53 bits per heavy atom. The monoisotopic (exact) mass is 207 g/mol. The van der Waals surface area contributed by atoms with Crippen molar-refractivity contribution < 1.29 is 19.4 Å². The van der Waals surface area contributed by atoms with E-state index in [0.29, 0.717) is 5.69 Å². The molecular formula is C10H9NO4. The number of carbonyl (C=O) groups is 2. The molecule has 2 rings (SSSR count). The Morgan fingerprint density at radius 2 is 2.27 bits per heavy atom. The molecule has 15 heavy (non-hydrogen) atoms. The molecule has 0 aliphatic carbocycles. The standard InChI is InChI=1S/C10H9NO4/c1-5-9(12)11-7-4-2-3-6(10(13)14)8(7)15-5/h2-5H,1H3,(H,11,12)(H,13,14)/t5-/m0/s1. The Hall–Kier alpha value is -2.04. The van der Waals surface area contributed by atoms with E-state index in [1.54, 1.807) is 19.1 Å². The van der Waals surface area contributed by atoms with Crippen molar-refractivity contribution >= 4 is 17.6 Å². The molecule has 78 valence electrons. The Kier molecular flexibility index (Phi) is 2.07. The van der Waals surface area contributed by atoms with E-state index in [1.807, 2.05) is 0 Å². The lowest BCUT2D eigenvalue weighted by Gasteiger charge is -2.24. The number of carboxylic acids is 1. The fraction of sp³-hybridized carbons (Fsp3) is 0.200. The largest absolute Gasteiger partial charge is 0.478 e. The molecule has 0 bridgehead atoms. The second-order valence-electron chi connectivity index (χ2n) is 3.24. The van der Waals surface area contributed by atoms with Crippen molar-refractivity contribution in [1.82, 2.24) is 0 Å². The van der Waals surface area contributed by atoms with Gasteiger partial charge in [0.25, 0.3) is 5.91 Å². The van der Waals surface area contributed by atoms with E-state index in [0.717, 1.165) is 0 Å². The topological polar surface area (TPSA) is 75.6 Å². The van der Waals surface area contributed by atoms with Gasteiger partial charge in [-0.1, -0.05) is 6.07 Å². The maximum absolute atomic E-state index is 11.3. The van der Waals surface area contributed by atoms with E-state index < -0.39 is 12.1 Å². The highest BCUT2D eigenvalue weighted by Gasteiger charge is 2.27. The molecule has 1 heterocycles. The van der Waals surface area contributed by atoms with Crippen LogP contribution >= 0.6 is 0 Å². The Balaban J connectivity index is 2.52. The zero-order chi connectivity index (χ0) is 11.0. The Morgan fingerprint density at radius 3 is 2.93 bits per heavy atom. The fourth-order valence-corrected chi connectivity index (χ4v) is 1.40. The van der Waals surface area contributed by atoms with Crippen molar-refractivity contribution in [1.29, 1.82) is 0 Å². The molecule has 0 aromatic heterocycles. The zero-order valence-electron chi connectivity index (χ0n) is 7.98. The molecule has 5 heteroatoms. The highest BCUT2D eigenvalue weighted by Crippen LogP contribution is 2.33. The molecule has 0 radical (unpaired) electrons. The van der Waals surface area contributed by atoms with Crippen LogP contribution in [-0.4, -0.2) is 23.1 Å². The third-order valence-electron chi connectivity index (χ3n) is 2.17. The van der Waals surface area contributed by atoms with Gasteiger partial charge in [-0.3, -0.25) is 4.79 Å². The molecule has 1 aromatic rings. The summed E-state index contributed by atoms with van der Waals surface area (Å²) < 4.78 is 5.24. The van der Waals surface area contributed by atoms with Crippen LogP contribution < -0.4 is 10.1 Å². The average molecular weight is 207 g/mol. The van der Waals surface area contributed by atoms with Crippen LogP contribution in [0.15, 0.2) is 18.2 Å². The first-order valence-corrected chi connectivity index (χ1v) is 4.43. The number of amides is 1. The number of para-hydroxylation sites is 1. The highest BCUT2D eigenvalue weighted by atomic mass is 16.5. The summed E-state index contributed by atoms with van der Waals surface area (Å²) in [7, 11) is 0. The molecule has 0 unspecified atom stereocenters. The maximum atomic E-state index is 11.3. The third-order valence-corrected chi connectivity index (χ3v) is 2.17. The minimum Gasteiger partial charge on any atom is -0.478 e. The van der Waals surface area contributed by atoms with Gasteiger partial charge in [0, 0.05) is 0 Å². The van der Waals surface area contributed by atoms with Crippen molar-refractivity contribution in [2.45, 2.75) is 13.0 Å². The SMILES string of the molecule is C[C@@H]1Oc2c(cccc2C(=O)O)NC1=O. The summed E-state index contributed by atoms with van der Waals surface area (Å²) in [5.41, 5.74) is 0.456. The summed E-state index contributed by atoms with van der Waals surface area (Å²) >= 11 is 0. The fourth-order valence-electron chi connectivity index (χ4n) is 1.40. The van der Waals surface area contributed by atoms with Gasteiger partial charge in [0.15, 0.2) is 11.9 Å². The number of aromatic carboxylic acids is 1. The quantitative estimate of drug-likeness (QED) is 0.723. The van der Waals surface area contributed by atoms with Crippen LogP contribution in [0.2, 0.25) is 0 Å². The minimum atomic E-state index is -1.07. The molecule has 5 nitrogen and oxygen atoms in total. The molecule has 1 amide bonds. The molecule has 1 aliphatic rings. The van der Waals surface area contributed by atoms with Crippen molar-refractivity contribution in [3.8, 4) is 5.75 Å². The molecule has 1 atom stereocenters. The summed E-state index contributed by atoms with van der Waals surface area (Å²) in [6.07, 6.45) is -0.669. The van der Waals surface area contributed by atoms with Gasteiger partial charge in [-0.2, -0.15) is 0 Å². The maximum Gasteiger partial charge on any atom is 0.339 e. The first kappa shape index (κ1) is 9.51. The summed E-state index contributed by atoms with van der Waals surface area (Å²) in [6, 6.07) is 4.60. The molecule has 0 saturated heterocycles. The highest BCUT2D eigenvalue weighted by molar-refractivity contribution is 6.01. The number of nitrogens with one attached hydrogen (secondary N) is 1. The van der Waals surface area contributed by atoms with Crippen LogP contribution in [0.3, 0.4) is 0 Å². The lowest BCUT2D eigenvalue weighted by Crippen LogP contribution is -2.35. The number of ether oxygens (including phenoxy) is 1. The molecule has 0 saturated carbocycles. The predicted octanol–water partition coefficient (Wildman–Crippen LogP) is 1.10. The van der Waals surface area contributed by atoms with Gasteiger partial charge in [-0.25, -0.2) is 4.79 Å². The third kappa shape index (κ3) is 1.52. The first-order chi connectivity index (χ1) is 7.09. The molecule has 0 fully saturated rings. The summed E-state index contributed by atoms with van der Waals surface area (Å²) in [4.78, 5) is 22.1. The number of fused-ring (bicyclic) bond motifs is 1. The number of anilines is 1. The number of hydrogen-bond donors (Lipinski definition) is 2. The first-order valence-electron chi connectivity index (χ1n) is 4.43. The number of benzene rings is 1. The van der Waals surface area contributed by atoms with Gasteiger partial charge in [-0.15, -0.1) is 0 Å². The van der Waals surface area contributed by atoms with Gasteiger partial charge in [0.1, 0.15) is 5.56 Å². The summed E-state index contributed by atoms with van der Waals surface area (Å²) in [5, 5.41) is 11.5. The van der Waals surface area contributed by atoms with E-state index >= 15 is 0 Å². The summed E-state index contributed by atoms with van der Waals surface area (Å²) in [5.74, 6) is -1.13. The number of carbonyl (C=O) groups excluding carboxylic acids is 1. The minimum absolute atomic E-state index is 0.0550. The van der Waals surface area contributed by atoms with E-state index in [1.165, 1.54) is 6.07 Å². The van der Waals surface area contributed by atoms with Crippen LogP contribution in [0.25, 0.3) is 0 Å². The lowest BCUT2D eigenvalue weighted by atomic mass is 10.1. The van der Waals surface area contributed by atoms with Crippen molar-refractivity contribution in [2.75, 3.05) is 5.32 Å². The smallest absolute Gasteiger partial charge is 0.339 e. The van der Waals surface area contributed by atoms with Gasteiger partial charge in [0.2, 0.25) is 0 Å². The van der Waals surface area contributed by atoms with Crippen molar-refractivity contribution in [3.05, 3.63) is 23.8 Å². The van der Waals surface area contributed by atoms with Crippen LogP contribution in [-0.2, 0) is 4.79 Å². The second kappa shape index (κ2) is 3.27. The average Bonchev–Trinajstić information content (AvgIpc) is 2.18. The van der Waals surface area contributed by atoms with Crippen LogP contribution in [0, 0.1) is 0 Å². The zero-order valence-corrected chi connectivity index (χ0v) is 7.98. The summed E-state index contributed by atoms with van der Waals surface area (Å²) in [6.45, 7) is 1.57. The Bertz CT molecular complexity index is 441. The molecule has 1 aromatic carbocycles. The lowest BCUT2D eigenvalue weighted by molar-refractivity contribution is -0.122. The van der Waals surface area contributed by atoms with Gasteiger partial charge < -0.3 is 15.2 Å². The molecule has 0 spiro atoms. The molecule has 1 aliphatic heterocycles. The molecular weight excluding hydrogens is 198 g/mol. The van der Waals surface area contributed by atoms with Gasteiger partial charge in [0.05, 0.1) is 5.69 Å². The van der Waals surface area contributed by atoms with Crippen LogP contribution in [0.1, 0.15) is 17.3 Å². The van der Waals surface area contributed by atoms with Crippen LogP contribution in [0.4, 0.5) is 5.69 Å².